The first-order chi connectivity index (χ1) is 8.79. The fraction of sp³-hybridized carbons (Fsp3) is 0.267. The van der Waals surface area contributed by atoms with Crippen LogP contribution in [0.2, 0.25) is 0 Å². The second-order valence-corrected chi connectivity index (χ2v) is 4.70. The van der Waals surface area contributed by atoms with Crippen molar-refractivity contribution in [3.63, 3.8) is 0 Å². The number of rotatable bonds is 3. The lowest BCUT2D eigenvalue weighted by Gasteiger charge is -2.04. The first-order valence-electron chi connectivity index (χ1n) is 6.36. The monoisotopic (exact) mass is 239 g/mol. The van der Waals surface area contributed by atoms with Gasteiger partial charge in [0.25, 0.3) is 0 Å². The molecule has 0 aliphatic rings. The summed E-state index contributed by atoms with van der Waals surface area (Å²) >= 11 is 0. The van der Waals surface area contributed by atoms with E-state index in [1.807, 2.05) is 0 Å². The number of nitrogens with two attached hydrogens (primary N) is 1. The maximum absolute atomic E-state index is 5.55. The van der Waals surface area contributed by atoms with Gasteiger partial charge < -0.3 is 5.73 Å². The lowest BCUT2D eigenvalue weighted by atomic mass is 10.1. The summed E-state index contributed by atoms with van der Waals surface area (Å²) in [6.07, 6.45) is 4.08. The van der Waals surface area contributed by atoms with Gasteiger partial charge in [-0.05, 0) is 49.4 Å². The van der Waals surface area contributed by atoms with Gasteiger partial charge in [-0.3, -0.25) is 4.40 Å². The number of nitrogens with zero attached hydrogens (tertiary/aromatic N) is 2. The smallest absolute Gasteiger partial charge is 0.137 e. The van der Waals surface area contributed by atoms with Gasteiger partial charge in [0.2, 0.25) is 0 Å². The van der Waals surface area contributed by atoms with Crippen molar-refractivity contribution in [3.05, 3.63) is 47.8 Å². The Morgan fingerprint density at radius 2 is 2.11 bits per heavy atom. The van der Waals surface area contributed by atoms with E-state index in [0.29, 0.717) is 6.54 Å². The Labute approximate surface area is 106 Å². The van der Waals surface area contributed by atoms with Crippen LogP contribution >= 0.6 is 0 Å². The number of benzene rings is 1. The molecule has 0 aliphatic carbocycles. The third-order valence-corrected chi connectivity index (χ3v) is 3.34. The number of imidazole rings is 1. The Morgan fingerprint density at radius 1 is 1.22 bits per heavy atom. The minimum atomic E-state index is 0.716. The van der Waals surface area contributed by atoms with Gasteiger partial charge in [-0.15, -0.1) is 0 Å². The molecule has 0 atom stereocenters. The zero-order valence-corrected chi connectivity index (χ0v) is 10.6. The molecule has 0 amide bonds. The van der Waals surface area contributed by atoms with Crippen molar-refractivity contribution in [1.82, 2.24) is 9.38 Å². The second kappa shape index (κ2) is 4.42. The van der Waals surface area contributed by atoms with Crippen LogP contribution in [0.3, 0.4) is 0 Å². The third kappa shape index (κ3) is 1.77. The van der Waals surface area contributed by atoms with E-state index in [2.05, 4.69) is 52.8 Å². The molecule has 3 heteroatoms. The van der Waals surface area contributed by atoms with Gasteiger partial charge in [0.15, 0.2) is 0 Å². The molecular formula is C15H17N3. The molecule has 0 saturated carbocycles. The van der Waals surface area contributed by atoms with E-state index in [0.717, 1.165) is 24.2 Å². The summed E-state index contributed by atoms with van der Waals surface area (Å²) in [5.41, 5.74) is 10.2. The van der Waals surface area contributed by atoms with Crippen LogP contribution in [0.4, 0.5) is 0 Å². The predicted molar refractivity (Wildman–Crippen MR) is 74.8 cm³/mol. The number of para-hydroxylation sites is 1. The van der Waals surface area contributed by atoms with Crippen LogP contribution in [0.5, 0.6) is 0 Å². The average Bonchev–Trinajstić information content (AvgIpc) is 2.79. The van der Waals surface area contributed by atoms with Crippen molar-refractivity contribution in [2.75, 3.05) is 6.54 Å². The highest BCUT2D eigenvalue weighted by Crippen LogP contribution is 2.21. The van der Waals surface area contributed by atoms with Gasteiger partial charge >= 0.3 is 0 Å². The van der Waals surface area contributed by atoms with E-state index >= 15 is 0 Å². The van der Waals surface area contributed by atoms with Gasteiger partial charge in [-0.25, -0.2) is 4.98 Å². The van der Waals surface area contributed by atoms with Crippen molar-refractivity contribution < 1.29 is 0 Å². The fourth-order valence-electron chi connectivity index (χ4n) is 2.45. The highest BCUT2D eigenvalue weighted by Gasteiger charge is 2.06. The van der Waals surface area contributed by atoms with E-state index in [-0.39, 0.29) is 0 Å². The van der Waals surface area contributed by atoms with E-state index in [1.54, 1.807) is 0 Å². The van der Waals surface area contributed by atoms with Gasteiger partial charge in [0.1, 0.15) is 5.65 Å². The fourth-order valence-corrected chi connectivity index (χ4v) is 2.45. The highest BCUT2D eigenvalue weighted by atomic mass is 15.0. The standard InChI is InChI=1S/C15H17N3/c1-11-4-2-5-12-7-8-14-17-13(6-3-9-16)10-18(14)15(11)12/h2,4-5,7-8,10H,3,6,9,16H2,1H3. The molecular weight excluding hydrogens is 222 g/mol. The van der Waals surface area contributed by atoms with Gasteiger partial charge in [-0.1, -0.05) is 18.2 Å². The zero-order valence-electron chi connectivity index (χ0n) is 10.6. The molecule has 3 aromatic rings. The largest absolute Gasteiger partial charge is 0.330 e. The minimum absolute atomic E-state index is 0.716. The number of aromatic nitrogens is 2. The summed E-state index contributed by atoms with van der Waals surface area (Å²) in [7, 11) is 0. The lowest BCUT2D eigenvalue weighted by molar-refractivity contribution is 0.816. The Kier molecular flexibility index (Phi) is 2.76. The molecule has 2 N–H and O–H groups in total. The van der Waals surface area contributed by atoms with Crippen LogP contribution in [0, 0.1) is 6.92 Å². The molecule has 0 radical (unpaired) electrons. The molecule has 0 spiro atoms. The van der Waals surface area contributed by atoms with Gasteiger partial charge in [-0.2, -0.15) is 0 Å². The molecule has 0 aliphatic heterocycles. The Morgan fingerprint density at radius 3 is 2.94 bits per heavy atom. The molecule has 2 aromatic heterocycles. The summed E-state index contributed by atoms with van der Waals surface area (Å²) in [5.74, 6) is 0. The van der Waals surface area contributed by atoms with Crippen LogP contribution in [-0.4, -0.2) is 15.9 Å². The molecule has 1 aromatic carbocycles. The minimum Gasteiger partial charge on any atom is -0.330 e. The molecule has 3 nitrogen and oxygen atoms in total. The van der Waals surface area contributed by atoms with Crippen LogP contribution in [0.15, 0.2) is 36.5 Å². The van der Waals surface area contributed by atoms with Crippen molar-refractivity contribution >= 4 is 16.6 Å². The molecule has 0 unspecified atom stereocenters. The molecule has 0 saturated heterocycles. The number of aryl methyl sites for hydroxylation is 2. The SMILES string of the molecule is Cc1cccc2ccc3nc(CCCN)cn3c12. The molecule has 2 heterocycles. The second-order valence-electron chi connectivity index (χ2n) is 4.70. The zero-order chi connectivity index (χ0) is 12.5. The van der Waals surface area contributed by atoms with Crippen LogP contribution in [-0.2, 0) is 6.42 Å². The Hall–Kier alpha value is -1.87. The lowest BCUT2D eigenvalue weighted by Crippen LogP contribution is -2.00. The number of hydrogen-bond acceptors (Lipinski definition) is 2. The van der Waals surface area contributed by atoms with Gasteiger partial charge in [0, 0.05) is 6.20 Å². The third-order valence-electron chi connectivity index (χ3n) is 3.34. The summed E-state index contributed by atoms with van der Waals surface area (Å²) in [4.78, 5) is 4.65. The van der Waals surface area contributed by atoms with Gasteiger partial charge in [0.05, 0.1) is 11.2 Å². The topological polar surface area (TPSA) is 43.3 Å². The number of fused-ring (bicyclic) bond motifs is 3. The maximum atomic E-state index is 5.55. The predicted octanol–water partition coefficient (Wildman–Crippen LogP) is 2.69. The van der Waals surface area contributed by atoms with Crippen molar-refractivity contribution in [1.29, 1.82) is 0 Å². The van der Waals surface area contributed by atoms with E-state index in [4.69, 9.17) is 5.73 Å². The number of pyridine rings is 1. The van der Waals surface area contributed by atoms with E-state index < -0.39 is 0 Å². The summed E-state index contributed by atoms with van der Waals surface area (Å²) in [5, 5.41) is 1.25. The normalized spacial score (nSPS) is 11.4. The molecule has 0 fully saturated rings. The average molecular weight is 239 g/mol. The van der Waals surface area contributed by atoms with Crippen molar-refractivity contribution in [2.24, 2.45) is 5.73 Å². The first kappa shape index (κ1) is 11.2. The van der Waals surface area contributed by atoms with Crippen molar-refractivity contribution in [3.8, 4) is 0 Å². The van der Waals surface area contributed by atoms with E-state index in [9.17, 15) is 0 Å². The molecule has 3 rings (SSSR count). The van der Waals surface area contributed by atoms with E-state index in [1.165, 1.54) is 16.5 Å². The summed E-state index contributed by atoms with van der Waals surface area (Å²) in [6, 6.07) is 10.6. The quantitative estimate of drug-likeness (QED) is 0.763. The highest BCUT2D eigenvalue weighted by molar-refractivity contribution is 5.84. The van der Waals surface area contributed by atoms with Crippen LogP contribution in [0.1, 0.15) is 17.7 Å². The van der Waals surface area contributed by atoms with Crippen LogP contribution in [0.25, 0.3) is 16.6 Å². The Bertz CT molecular complexity index is 697. The number of hydrogen-bond donors (Lipinski definition) is 1. The maximum Gasteiger partial charge on any atom is 0.137 e. The summed E-state index contributed by atoms with van der Waals surface area (Å²) < 4.78 is 2.19. The summed E-state index contributed by atoms with van der Waals surface area (Å²) in [6.45, 7) is 2.86. The molecule has 0 bridgehead atoms. The first-order valence-corrected chi connectivity index (χ1v) is 6.36. The molecule has 18 heavy (non-hydrogen) atoms. The van der Waals surface area contributed by atoms with Crippen molar-refractivity contribution in [2.45, 2.75) is 19.8 Å². The molecule has 92 valence electrons. The Balaban J connectivity index is 2.23. The van der Waals surface area contributed by atoms with Crippen LogP contribution < -0.4 is 5.73 Å².